The summed E-state index contributed by atoms with van der Waals surface area (Å²) in [4.78, 5) is 15.4. The average Bonchev–Trinajstić information content (AvgIpc) is 3.03. The van der Waals surface area contributed by atoms with E-state index in [0.29, 0.717) is 68.5 Å². The van der Waals surface area contributed by atoms with Crippen LogP contribution in [0, 0.1) is 0 Å². The zero-order chi connectivity index (χ0) is 33.0. The maximum atomic E-state index is 15.4. The van der Waals surface area contributed by atoms with Crippen molar-refractivity contribution in [2.75, 3.05) is 21.5 Å². The molecule has 0 aliphatic heterocycles. The van der Waals surface area contributed by atoms with Gasteiger partial charge in [0.2, 0.25) is 0 Å². The molecule has 11 heteroatoms. The van der Waals surface area contributed by atoms with Crippen LogP contribution in [0.15, 0.2) is 107 Å². The molecule has 0 saturated heterocycles. The molecule has 4 aromatic carbocycles. The molecule has 46 heavy (non-hydrogen) atoms. The van der Waals surface area contributed by atoms with E-state index in [4.69, 9.17) is 46.4 Å². The van der Waals surface area contributed by atoms with Gasteiger partial charge in [-0.05, 0) is 97.8 Å². The van der Waals surface area contributed by atoms with Crippen molar-refractivity contribution in [2.45, 2.75) is 50.6 Å². The maximum absolute atomic E-state index is 15.4. The van der Waals surface area contributed by atoms with E-state index < -0.39 is 11.1 Å². The SMILES string of the molecule is CCCC(C=NNc1ccc(Cl)cc1)(Nc1cccc(Cl)c1)C(=O)C(C=NNc1ccc(Cl)cc1)(CCC)Nc1cccc(Cl)c1. The van der Waals surface area contributed by atoms with Crippen molar-refractivity contribution in [3.63, 3.8) is 0 Å². The fourth-order valence-corrected chi connectivity index (χ4v) is 5.73. The number of Topliss-reactive ketones (excluding diaryl/α,β-unsaturated/α-hetero) is 1. The number of carbonyl (C=O) groups excluding carboxylic acids is 1. The van der Waals surface area contributed by atoms with Crippen LogP contribution >= 0.6 is 46.4 Å². The van der Waals surface area contributed by atoms with Crippen molar-refractivity contribution in [3.05, 3.63) is 117 Å². The van der Waals surface area contributed by atoms with E-state index in [9.17, 15) is 0 Å². The first-order valence-corrected chi connectivity index (χ1v) is 16.4. The zero-order valence-electron chi connectivity index (χ0n) is 25.5. The Kier molecular flexibility index (Phi) is 12.8. The molecule has 7 nitrogen and oxygen atoms in total. The number of benzene rings is 4. The number of halogens is 4. The Morgan fingerprint density at radius 1 is 0.587 bits per heavy atom. The summed E-state index contributed by atoms with van der Waals surface area (Å²) in [5.41, 5.74) is 6.22. The van der Waals surface area contributed by atoms with Crippen LogP contribution in [-0.4, -0.2) is 29.3 Å². The second-order valence-corrected chi connectivity index (χ2v) is 12.5. The van der Waals surface area contributed by atoms with Gasteiger partial charge in [-0.2, -0.15) is 10.2 Å². The summed E-state index contributed by atoms with van der Waals surface area (Å²) in [6.45, 7) is 4.04. The van der Waals surface area contributed by atoms with Crippen LogP contribution in [-0.2, 0) is 4.79 Å². The third-order valence-corrected chi connectivity index (χ3v) is 8.10. The van der Waals surface area contributed by atoms with Gasteiger partial charge in [-0.15, -0.1) is 0 Å². The van der Waals surface area contributed by atoms with Gasteiger partial charge in [0.1, 0.15) is 11.1 Å². The van der Waals surface area contributed by atoms with Crippen LogP contribution in [0.1, 0.15) is 39.5 Å². The van der Waals surface area contributed by atoms with Crippen molar-refractivity contribution < 1.29 is 4.79 Å². The summed E-state index contributed by atoms with van der Waals surface area (Å²) in [7, 11) is 0. The number of rotatable bonds is 16. The molecule has 240 valence electrons. The molecule has 4 N–H and O–H groups in total. The highest BCUT2D eigenvalue weighted by molar-refractivity contribution is 6.31. The molecule has 4 aromatic rings. The summed E-state index contributed by atoms with van der Waals surface area (Å²) in [6, 6.07) is 28.8. The largest absolute Gasteiger partial charge is 0.368 e. The van der Waals surface area contributed by atoms with E-state index in [1.54, 1.807) is 61.0 Å². The first kappa shape index (κ1) is 35.1. The maximum Gasteiger partial charge on any atom is 0.194 e. The number of anilines is 4. The number of carbonyl (C=O) groups is 1. The predicted molar refractivity (Wildman–Crippen MR) is 198 cm³/mol. The number of hydrogen-bond donors (Lipinski definition) is 4. The second-order valence-electron chi connectivity index (χ2n) is 10.8. The molecular weight excluding hydrogens is 662 g/mol. The van der Waals surface area contributed by atoms with Crippen molar-refractivity contribution in [3.8, 4) is 0 Å². The van der Waals surface area contributed by atoms with Gasteiger partial charge in [0, 0.05) is 31.5 Å². The Labute approximate surface area is 290 Å². The third-order valence-electron chi connectivity index (χ3n) is 7.13. The van der Waals surface area contributed by atoms with Gasteiger partial charge in [-0.3, -0.25) is 15.6 Å². The monoisotopic (exact) mass is 696 g/mol. The van der Waals surface area contributed by atoms with Crippen LogP contribution in [0.3, 0.4) is 0 Å². The molecule has 0 bridgehead atoms. The minimum absolute atomic E-state index is 0.202. The summed E-state index contributed by atoms with van der Waals surface area (Å²) in [5, 5.41) is 18.4. The molecule has 0 spiro atoms. The van der Waals surface area contributed by atoms with E-state index >= 15 is 4.79 Å². The quantitative estimate of drug-likeness (QED) is 0.0691. The van der Waals surface area contributed by atoms with Gasteiger partial charge in [0.15, 0.2) is 5.78 Å². The number of hydrazone groups is 2. The van der Waals surface area contributed by atoms with Crippen molar-refractivity contribution >= 4 is 87.4 Å². The smallest absolute Gasteiger partial charge is 0.194 e. The van der Waals surface area contributed by atoms with Crippen LogP contribution in [0.4, 0.5) is 22.7 Å². The molecule has 0 fully saturated rings. The number of hydrogen-bond acceptors (Lipinski definition) is 7. The molecule has 0 radical (unpaired) electrons. The lowest BCUT2D eigenvalue weighted by atomic mass is 9.76. The first-order chi connectivity index (χ1) is 22.2. The summed E-state index contributed by atoms with van der Waals surface area (Å²) >= 11 is 24.9. The molecule has 2 unspecified atom stereocenters. The lowest BCUT2D eigenvalue weighted by Gasteiger charge is -2.40. The predicted octanol–water partition coefficient (Wildman–Crippen LogP) is 10.7. The fraction of sp³-hybridized carbons (Fsp3) is 0.229. The van der Waals surface area contributed by atoms with Gasteiger partial charge in [0.05, 0.1) is 23.8 Å². The van der Waals surface area contributed by atoms with Gasteiger partial charge in [-0.25, -0.2) is 0 Å². The van der Waals surface area contributed by atoms with E-state index in [0.717, 1.165) is 0 Å². The highest BCUT2D eigenvalue weighted by Crippen LogP contribution is 2.32. The molecule has 4 rings (SSSR count). The van der Waals surface area contributed by atoms with Crippen molar-refractivity contribution in [2.24, 2.45) is 10.2 Å². The Hall–Kier alpha value is -3.75. The van der Waals surface area contributed by atoms with Crippen LogP contribution in [0.2, 0.25) is 20.1 Å². The lowest BCUT2D eigenvalue weighted by Crippen LogP contribution is -2.62. The Morgan fingerprint density at radius 2 is 0.978 bits per heavy atom. The molecule has 2 atom stereocenters. The fourth-order valence-electron chi connectivity index (χ4n) is 5.09. The van der Waals surface area contributed by atoms with Crippen molar-refractivity contribution in [1.29, 1.82) is 0 Å². The molecule has 0 aliphatic rings. The zero-order valence-corrected chi connectivity index (χ0v) is 28.6. The van der Waals surface area contributed by atoms with Crippen LogP contribution in [0.5, 0.6) is 0 Å². The van der Waals surface area contributed by atoms with Gasteiger partial charge >= 0.3 is 0 Å². The Bertz CT molecular complexity index is 1530. The molecule has 0 saturated carbocycles. The number of ketones is 1. The topological polar surface area (TPSA) is 89.9 Å². The molecule has 0 amide bonds. The number of nitrogens with zero attached hydrogens (tertiary/aromatic N) is 2. The van der Waals surface area contributed by atoms with Crippen molar-refractivity contribution in [1.82, 2.24) is 0 Å². The minimum Gasteiger partial charge on any atom is -0.368 e. The molecule has 0 aliphatic carbocycles. The summed E-state index contributed by atoms with van der Waals surface area (Å²) in [6.07, 6.45) is 5.38. The highest BCUT2D eigenvalue weighted by atomic mass is 35.5. The third kappa shape index (κ3) is 9.63. The van der Waals surface area contributed by atoms with E-state index in [-0.39, 0.29) is 5.78 Å². The lowest BCUT2D eigenvalue weighted by molar-refractivity contribution is -0.123. The van der Waals surface area contributed by atoms with E-state index in [1.807, 2.05) is 62.4 Å². The molecule has 0 aromatic heterocycles. The van der Waals surface area contributed by atoms with E-state index in [1.165, 1.54) is 0 Å². The number of nitrogens with one attached hydrogen (secondary N) is 4. The Balaban J connectivity index is 1.84. The summed E-state index contributed by atoms with van der Waals surface area (Å²) < 4.78 is 0. The first-order valence-electron chi connectivity index (χ1n) is 14.9. The average molecular weight is 699 g/mol. The Morgan fingerprint density at radius 3 is 1.33 bits per heavy atom. The van der Waals surface area contributed by atoms with Crippen LogP contribution < -0.4 is 21.5 Å². The normalized spacial score (nSPS) is 14.0. The van der Waals surface area contributed by atoms with E-state index in [2.05, 4.69) is 31.7 Å². The highest BCUT2D eigenvalue weighted by Gasteiger charge is 2.49. The van der Waals surface area contributed by atoms with Gasteiger partial charge in [-0.1, -0.05) is 85.2 Å². The van der Waals surface area contributed by atoms with Crippen LogP contribution in [0.25, 0.3) is 0 Å². The second kappa shape index (κ2) is 16.7. The molecular formula is C35H36Cl4N6O. The summed E-state index contributed by atoms with van der Waals surface area (Å²) in [5.74, 6) is -0.202. The van der Waals surface area contributed by atoms with Gasteiger partial charge in [0.25, 0.3) is 0 Å². The van der Waals surface area contributed by atoms with Gasteiger partial charge < -0.3 is 10.6 Å². The minimum atomic E-state index is -1.31. The standard InChI is InChI=1S/C35H36Cl4N6O/c1-3-19-34(42-31-9-5-7-27(38)21-31,23-40-44-29-15-11-25(36)12-16-29)33(46)35(20-4-2,43-32-10-6-8-28(39)22-32)24-41-45-30-17-13-26(37)14-18-30/h5-18,21-24,42-45H,3-4,19-20H2,1-2H3. The molecule has 0 heterocycles.